The molecule has 7 nitrogen and oxygen atoms in total. The number of phenolic OH excluding ortho intramolecular Hbond substituents is 1. The first kappa shape index (κ1) is 20.9. The Morgan fingerprint density at radius 1 is 0.812 bits per heavy atom. The van der Waals surface area contributed by atoms with Crippen molar-refractivity contribution in [2.45, 2.75) is 0 Å². The smallest absolute Gasteiger partial charge is 0.252 e. The highest BCUT2D eigenvalue weighted by molar-refractivity contribution is 6.00. The third-order valence-corrected chi connectivity index (χ3v) is 4.79. The second kappa shape index (κ2) is 9.61. The first-order valence-electron chi connectivity index (χ1n) is 10.1. The van der Waals surface area contributed by atoms with E-state index in [2.05, 4.69) is 15.6 Å². The van der Waals surface area contributed by atoms with E-state index in [9.17, 15) is 14.7 Å². The summed E-state index contributed by atoms with van der Waals surface area (Å²) < 4.78 is 5.90. The van der Waals surface area contributed by atoms with Crippen LogP contribution in [0.15, 0.2) is 89.5 Å². The van der Waals surface area contributed by atoms with Gasteiger partial charge in [0.25, 0.3) is 11.8 Å². The van der Waals surface area contributed by atoms with Gasteiger partial charge < -0.3 is 20.2 Å². The molecule has 4 aromatic rings. The van der Waals surface area contributed by atoms with Crippen LogP contribution in [0.25, 0.3) is 22.8 Å². The van der Waals surface area contributed by atoms with Crippen LogP contribution in [0.1, 0.15) is 20.7 Å². The number of rotatable bonds is 7. The Morgan fingerprint density at radius 3 is 2.22 bits per heavy atom. The summed E-state index contributed by atoms with van der Waals surface area (Å²) in [5.74, 6) is 0.490. The number of aromatic hydroxyl groups is 1. The fourth-order valence-corrected chi connectivity index (χ4v) is 3.16. The van der Waals surface area contributed by atoms with Gasteiger partial charge in [0.2, 0.25) is 5.89 Å². The molecule has 0 spiro atoms. The fraction of sp³-hybridized carbons (Fsp3) is 0.0800. The maximum absolute atomic E-state index is 12.7. The van der Waals surface area contributed by atoms with Crippen LogP contribution in [0.3, 0.4) is 0 Å². The van der Waals surface area contributed by atoms with Gasteiger partial charge in [0.05, 0.1) is 11.8 Å². The van der Waals surface area contributed by atoms with Crippen molar-refractivity contribution in [2.24, 2.45) is 0 Å². The molecule has 0 fully saturated rings. The number of phenols is 1. The zero-order chi connectivity index (χ0) is 22.3. The average molecular weight is 427 g/mol. The Balaban J connectivity index is 1.38. The van der Waals surface area contributed by atoms with Gasteiger partial charge in [-0.05, 0) is 36.4 Å². The molecule has 0 bridgehead atoms. The maximum Gasteiger partial charge on any atom is 0.252 e. The molecule has 32 heavy (non-hydrogen) atoms. The van der Waals surface area contributed by atoms with E-state index in [0.717, 1.165) is 5.56 Å². The minimum atomic E-state index is -0.293. The van der Waals surface area contributed by atoms with Crippen LogP contribution in [0, 0.1) is 0 Å². The SMILES string of the molecule is O=C(NCCNC(=O)c1ccccc1-c1ncc(-c2ccccc2)o1)c1ccc(O)cc1. The van der Waals surface area contributed by atoms with Gasteiger partial charge in [-0.3, -0.25) is 9.59 Å². The zero-order valence-corrected chi connectivity index (χ0v) is 17.1. The van der Waals surface area contributed by atoms with Gasteiger partial charge in [-0.15, -0.1) is 0 Å². The Morgan fingerprint density at radius 2 is 1.47 bits per heavy atom. The highest BCUT2D eigenvalue weighted by atomic mass is 16.4. The molecule has 1 heterocycles. The van der Waals surface area contributed by atoms with Gasteiger partial charge >= 0.3 is 0 Å². The molecule has 0 saturated heterocycles. The Bertz CT molecular complexity index is 1220. The molecule has 0 atom stereocenters. The normalized spacial score (nSPS) is 10.5. The van der Waals surface area contributed by atoms with E-state index in [-0.39, 0.29) is 30.7 Å². The number of benzene rings is 3. The number of nitrogens with one attached hydrogen (secondary N) is 2. The number of amides is 2. The second-order valence-electron chi connectivity index (χ2n) is 7.00. The largest absolute Gasteiger partial charge is 0.508 e. The van der Waals surface area contributed by atoms with Crippen molar-refractivity contribution in [1.82, 2.24) is 15.6 Å². The summed E-state index contributed by atoms with van der Waals surface area (Å²) in [5.41, 5.74) is 2.34. The van der Waals surface area contributed by atoms with Crippen LogP contribution in [-0.4, -0.2) is 35.0 Å². The van der Waals surface area contributed by atoms with Crippen molar-refractivity contribution in [1.29, 1.82) is 0 Å². The summed E-state index contributed by atoms with van der Waals surface area (Å²) in [6.07, 6.45) is 1.64. The highest BCUT2D eigenvalue weighted by Gasteiger charge is 2.16. The minimum Gasteiger partial charge on any atom is -0.508 e. The number of oxazole rings is 1. The second-order valence-corrected chi connectivity index (χ2v) is 7.00. The number of carbonyl (C=O) groups excluding carboxylic acids is 2. The van der Waals surface area contributed by atoms with Gasteiger partial charge in [-0.25, -0.2) is 4.98 Å². The predicted molar refractivity (Wildman–Crippen MR) is 120 cm³/mol. The number of nitrogens with zero attached hydrogens (tertiary/aromatic N) is 1. The summed E-state index contributed by atoms with van der Waals surface area (Å²) in [5, 5.41) is 14.8. The van der Waals surface area contributed by atoms with Crippen LogP contribution in [0.4, 0.5) is 0 Å². The Hall–Kier alpha value is -4.39. The van der Waals surface area contributed by atoms with E-state index in [1.807, 2.05) is 36.4 Å². The van der Waals surface area contributed by atoms with Gasteiger partial charge in [0.15, 0.2) is 5.76 Å². The van der Waals surface area contributed by atoms with Crippen LogP contribution >= 0.6 is 0 Å². The van der Waals surface area contributed by atoms with E-state index >= 15 is 0 Å². The third-order valence-electron chi connectivity index (χ3n) is 4.79. The number of hydrogen-bond acceptors (Lipinski definition) is 5. The summed E-state index contributed by atoms with van der Waals surface area (Å²) in [7, 11) is 0. The summed E-state index contributed by atoms with van der Waals surface area (Å²) in [6, 6.07) is 22.6. The molecule has 0 aliphatic carbocycles. The lowest BCUT2D eigenvalue weighted by molar-refractivity contribution is 0.0928. The Kier molecular flexibility index (Phi) is 6.27. The predicted octanol–water partition coefficient (Wildman–Crippen LogP) is 3.87. The van der Waals surface area contributed by atoms with Crippen LogP contribution < -0.4 is 10.6 Å². The van der Waals surface area contributed by atoms with Crippen molar-refractivity contribution in [3.8, 4) is 28.5 Å². The number of carbonyl (C=O) groups is 2. The highest BCUT2D eigenvalue weighted by Crippen LogP contribution is 2.28. The van der Waals surface area contributed by atoms with Crippen molar-refractivity contribution in [3.05, 3.63) is 96.2 Å². The molecular formula is C25H21N3O4. The number of aromatic nitrogens is 1. The molecule has 0 aliphatic heterocycles. The molecule has 0 radical (unpaired) electrons. The standard InChI is InChI=1S/C25H21N3O4/c29-19-12-10-18(11-13-19)23(30)26-14-15-27-24(31)20-8-4-5-9-21(20)25-28-16-22(32-25)17-6-2-1-3-7-17/h1-13,16,29H,14-15H2,(H,26,30)(H,27,31). The molecule has 4 rings (SSSR count). The summed E-state index contributed by atoms with van der Waals surface area (Å²) in [6.45, 7) is 0.503. The average Bonchev–Trinajstić information content (AvgIpc) is 3.33. The van der Waals surface area contributed by atoms with Crippen LogP contribution in [0.2, 0.25) is 0 Å². The third kappa shape index (κ3) is 4.84. The number of hydrogen-bond donors (Lipinski definition) is 3. The van der Waals surface area contributed by atoms with Gasteiger partial charge in [-0.1, -0.05) is 42.5 Å². The van der Waals surface area contributed by atoms with Crippen molar-refractivity contribution >= 4 is 11.8 Å². The first-order chi connectivity index (χ1) is 15.6. The topological polar surface area (TPSA) is 104 Å². The van der Waals surface area contributed by atoms with Crippen molar-refractivity contribution in [2.75, 3.05) is 13.1 Å². The zero-order valence-electron chi connectivity index (χ0n) is 17.1. The van der Waals surface area contributed by atoms with E-state index in [1.165, 1.54) is 24.3 Å². The molecule has 0 unspecified atom stereocenters. The van der Waals surface area contributed by atoms with Gasteiger partial charge in [0, 0.05) is 29.8 Å². The molecule has 3 aromatic carbocycles. The maximum atomic E-state index is 12.7. The van der Waals surface area contributed by atoms with E-state index in [0.29, 0.717) is 28.3 Å². The lowest BCUT2D eigenvalue weighted by Gasteiger charge is -2.09. The van der Waals surface area contributed by atoms with Gasteiger partial charge in [0.1, 0.15) is 5.75 Å². The summed E-state index contributed by atoms with van der Waals surface area (Å²) in [4.78, 5) is 29.2. The molecule has 2 amide bonds. The molecule has 3 N–H and O–H groups in total. The molecular weight excluding hydrogens is 406 g/mol. The minimum absolute atomic E-state index is 0.0921. The monoisotopic (exact) mass is 427 g/mol. The lowest BCUT2D eigenvalue weighted by Crippen LogP contribution is -2.34. The summed E-state index contributed by atoms with van der Waals surface area (Å²) >= 11 is 0. The van der Waals surface area contributed by atoms with Gasteiger partial charge in [-0.2, -0.15) is 0 Å². The molecule has 0 saturated carbocycles. The molecule has 0 aliphatic rings. The quantitative estimate of drug-likeness (QED) is 0.388. The fourth-order valence-electron chi connectivity index (χ4n) is 3.16. The Labute approximate surface area is 184 Å². The van der Waals surface area contributed by atoms with Crippen molar-refractivity contribution < 1.29 is 19.1 Å². The van der Waals surface area contributed by atoms with Crippen LogP contribution in [0.5, 0.6) is 5.75 Å². The van der Waals surface area contributed by atoms with Crippen molar-refractivity contribution in [3.63, 3.8) is 0 Å². The van der Waals surface area contributed by atoms with E-state index in [4.69, 9.17) is 4.42 Å². The van der Waals surface area contributed by atoms with E-state index < -0.39 is 0 Å². The molecule has 1 aromatic heterocycles. The lowest BCUT2D eigenvalue weighted by atomic mass is 10.1. The van der Waals surface area contributed by atoms with E-state index in [1.54, 1.807) is 24.4 Å². The molecule has 160 valence electrons. The van der Waals surface area contributed by atoms with Crippen LogP contribution in [-0.2, 0) is 0 Å². The first-order valence-corrected chi connectivity index (χ1v) is 10.1. The molecule has 7 heteroatoms.